The van der Waals surface area contributed by atoms with Crippen LogP contribution in [0, 0.1) is 0 Å². The SMILES string of the molecule is CC(C)(C)OC(=O)N1CC(N)C(O)C1CO. The molecule has 1 saturated heterocycles. The first-order chi connectivity index (χ1) is 7.26. The fourth-order valence-corrected chi connectivity index (χ4v) is 1.68. The zero-order chi connectivity index (χ0) is 12.5. The van der Waals surface area contributed by atoms with Crippen molar-refractivity contribution in [2.75, 3.05) is 13.2 Å². The molecular formula is C10H20N2O4. The van der Waals surface area contributed by atoms with Crippen LogP contribution in [-0.4, -0.2) is 58.1 Å². The Morgan fingerprint density at radius 1 is 1.56 bits per heavy atom. The molecule has 16 heavy (non-hydrogen) atoms. The maximum absolute atomic E-state index is 11.7. The second-order valence-electron chi connectivity index (χ2n) is 5.04. The number of aliphatic hydroxyl groups is 2. The summed E-state index contributed by atoms with van der Waals surface area (Å²) in [4.78, 5) is 13.0. The number of hydrogen-bond acceptors (Lipinski definition) is 5. The summed E-state index contributed by atoms with van der Waals surface area (Å²) >= 11 is 0. The van der Waals surface area contributed by atoms with Crippen molar-refractivity contribution in [2.24, 2.45) is 5.73 Å². The molecule has 0 aromatic rings. The van der Waals surface area contributed by atoms with E-state index in [1.54, 1.807) is 20.8 Å². The Kier molecular flexibility index (Phi) is 3.77. The summed E-state index contributed by atoms with van der Waals surface area (Å²) < 4.78 is 5.16. The molecule has 0 aromatic heterocycles. The number of nitrogens with zero attached hydrogens (tertiary/aromatic N) is 1. The van der Waals surface area contributed by atoms with Gasteiger partial charge in [0, 0.05) is 6.54 Å². The van der Waals surface area contributed by atoms with Gasteiger partial charge in [-0.25, -0.2) is 4.79 Å². The molecule has 0 radical (unpaired) electrons. The normalized spacial score (nSPS) is 30.6. The lowest BCUT2D eigenvalue weighted by molar-refractivity contribution is 0.00639. The monoisotopic (exact) mass is 232 g/mol. The molecule has 1 fully saturated rings. The standard InChI is InChI=1S/C10H20N2O4/c1-10(2,3)16-9(15)12-4-6(11)8(14)7(12)5-13/h6-8,13-14H,4-5,11H2,1-3H3. The Labute approximate surface area is 95.0 Å². The van der Waals surface area contributed by atoms with E-state index in [1.165, 1.54) is 4.90 Å². The summed E-state index contributed by atoms with van der Waals surface area (Å²) in [5.41, 5.74) is 5.02. The van der Waals surface area contributed by atoms with Gasteiger partial charge < -0.3 is 20.7 Å². The van der Waals surface area contributed by atoms with Crippen LogP contribution in [-0.2, 0) is 4.74 Å². The lowest BCUT2D eigenvalue weighted by Gasteiger charge is -2.28. The van der Waals surface area contributed by atoms with E-state index in [4.69, 9.17) is 15.6 Å². The minimum atomic E-state index is -0.905. The molecule has 0 aliphatic carbocycles. The van der Waals surface area contributed by atoms with Crippen molar-refractivity contribution in [3.63, 3.8) is 0 Å². The van der Waals surface area contributed by atoms with Crippen molar-refractivity contribution in [2.45, 2.75) is 44.6 Å². The van der Waals surface area contributed by atoms with Crippen LogP contribution in [0.2, 0.25) is 0 Å². The highest BCUT2D eigenvalue weighted by molar-refractivity contribution is 5.69. The molecule has 94 valence electrons. The topological polar surface area (TPSA) is 96.0 Å². The Morgan fingerprint density at radius 2 is 2.12 bits per heavy atom. The lowest BCUT2D eigenvalue weighted by atomic mass is 10.1. The number of likely N-dealkylation sites (tertiary alicyclic amines) is 1. The molecule has 1 heterocycles. The third-order valence-electron chi connectivity index (χ3n) is 2.46. The van der Waals surface area contributed by atoms with E-state index in [-0.39, 0.29) is 13.2 Å². The van der Waals surface area contributed by atoms with Crippen LogP contribution in [0.4, 0.5) is 4.79 Å². The zero-order valence-corrected chi connectivity index (χ0v) is 9.88. The summed E-state index contributed by atoms with van der Waals surface area (Å²) in [7, 11) is 0. The molecule has 1 amide bonds. The fraction of sp³-hybridized carbons (Fsp3) is 0.900. The van der Waals surface area contributed by atoms with Crippen molar-refractivity contribution >= 4 is 6.09 Å². The molecule has 4 N–H and O–H groups in total. The Bertz CT molecular complexity index is 264. The average molecular weight is 232 g/mol. The highest BCUT2D eigenvalue weighted by Crippen LogP contribution is 2.20. The fourth-order valence-electron chi connectivity index (χ4n) is 1.68. The van der Waals surface area contributed by atoms with Gasteiger partial charge in [-0.05, 0) is 20.8 Å². The number of carbonyl (C=O) groups is 1. The van der Waals surface area contributed by atoms with Gasteiger partial charge in [0.15, 0.2) is 0 Å². The maximum atomic E-state index is 11.7. The first kappa shape index (κ1) is 13.2. The van der Waals surface area contributed by atoms with E-state index < -0.39 is 29.9 Å². The van der Waals surface area contributed by atoms with Crippen molar-refractivity contribution in [1.29, 1.82) is 0 Å². The number of ether oxygens (including phenoxy) is 1. The summed E-state index contributed by atoms with van der Waals surface area (Å²) in [6.45, 7) is 5.14. The summed E-state index contributed by atoms with van der Waals surface area (Å²) in [6, 6.07) is -1.21. The summed E-state index contributed by atoms with van der Waals surface area (Å²) in [6.07, 6.45) is -1.46. The molecule has 0 bridgehead atoms. The van der Waals surface area contributed by atoms with Gasteiger partial charge in [-0.2, -0.15) is 0 Å². The molecule has 0 spiro atoms. The first-order valence-corrected chi connectivity index (χ1v) is 5.30. The smallest absolute Gasteiger partial charge is 0.410 e. The maximum Gasteiger partial charge on any atom is 0.410 e. The van der Waals surface area contributed by atoms with Crippen LogP contribution in [0.25, 0.3) is 0 Å². The second kappa shape index (κ2) is 4.57. The first-order valence-electron chi connectivity index (χ1n) is 5.30. The molecular weight excluding hydrogens is 212 g/mol. The summed E-state index contributed by atoms with van der Waals surface area (Å²) in [5.74, 6) is 0. The predicted molar refractivity (Wildman–Crippen MR) is 57.8 cm³/mol. The van der Waals surface area contributed by atoms with Gasteiger partial charge in [0.2, 0.25) is 0 Å². The van der Waals surface area contributed by atoms with Gasteiger partial charge >= 0.3 is 6.09 Å². The Balaban J connectivity index is 2.69. The Hall–Kier alpha value is -0.850. The minimum absolute atomic E-state index is 0.196. The van der Waals surface area contributed by atoms with Gasteiger partial charge in [0.25, 0.3) is 0 Å². The van der Waals surface area contributed by atoms with Crippen LogP contribution < -0.4 is 5.73 Å². The van der Waals surface area contributed by atoms with Crippen molar-refractivity contribution in [3.05, 3.63) is 0 Å². The van der Waals surface area contributed by atoms with Crippen LogP contribution in [0.15, 0.2) is 0 Å². The Morgan fingerprint density at radius 3 is 2.56 bits per heavy atom. The van der Waals surface area contributed by atoms with Crippen LogP contribution in [0.5, 0.6) is 0 Å². The van der Waals surface area contributed by atoms with E-state index in [1.807, 2.05) is 0 Å². The summed E-state index contributed by atoms with van der Waals surface area (Å²) in [5, 5.41) is 18.7. The molecule has 6 nitrogen and oxygen atoms in total. The third kappa shape index (κ3) is 2.84. The van der Waals surface area contributed by atoms with E-state index >= 15 is 0 Å². The molecule has 3 unspecified atom stereocenters. The molecule has 1 aliphatic heterocycles. The number of amides is 1. The van der Waals surface area contributed by atoms with Crippen LogP contribution in [0.1, 0.15) is 20.8 Å². The molecule has 0 aromatic carbocycles. The third-order valence-corrected chi connectivity index (χ3v) is 2.46. The molecule has 6 heteroatoms. The number of rotatable bonds is 1. The van der Waals surface area contributed by atoms with E-state index in [2.05, 4.69) is 0 Å². The minimum Gasteiger partial charge on any atom is -0.444 e. The van der Waals surface area contributed by atoms with Gasteiger partial charge in [-0.3, -0.25) is 4.90 Å². The lowest BCUT2D eigenvalue weighted by Crippen LogP contribution is -2.44. The van der Waals surface area contributed by atoms with Crippen LogP contribution >= 0.6 is 0 Å². The van der Waals surface area contributed by atoms with Gasteiger partial charge in [0.05, 0.1) is 24.8 Å². The highest BCUT2D eigenvalue weighted by atomic mass is 16.6. The molecule has 1 aliphatic rings. The van der Waals surface area contributed by atoms with Crippen molar-refractivity contribution in [1.82, 2.24) is 4.90 Å². The highest BCUT2D eigenvalue weighted by Gasteiger charge is 2.42. The van der Waals surface area contributed by atoms with Gasteiger partial charge in [-0.1, -0.05) is 0 Å². The quantitative estimate of drug-likeness (QED) is 0.555. The van der Waals surface area contributed by atoms with Gasteiger partial charge in [0.1, 0.15) is 5.60 Å². The van der Waals surface area contributed by atoms with Crippen molar-refractivity contribution in [3.8, 4) is 0 Å². The molecule has 3 atom stereocenters. The predicted octanol–water partition coefficient (Wildman–Crippen LogP) is -0.714. The molecule has 0 saturated carbocycles. The zero-order valence-electron chi connectivity index (χ0n) is 9.88. The van der Waals surface area contributed by atoms with Crippen molar-refractivity contribution < 1.29 is 19.7 Å². The number of aliphatic hydroxyl groups excluding tert-OH is 2. The second-order valence-corrected chi connectivity index (χ2v) is 5.04. The number of hydrogen-bond donors (Lipinski definition) is 3. The van der Waals surface area contributed by atoms with E-state index in [0.717, 1.165) is 0 Å². The largest absolute Gasteiger partial charge is 0.444 e. The van der Waals surface area contributed by atoms with E-state index in [9.17, 15) is 9.90 Å². The van der Waals surface area contributed by atoms with E-state index in [0.29, 0.717) is 0 Å². The molecule has 1 rings (SSSR count). The van der Waals surface area contributed by atoms with Gasteiger partial charge in [-0.15, -0.1) is 0 Å². The van der Waals surface area contributed by atoms with Crippen LogP contribution in [0.3, 0.4) is 0 Å². The number of nitrogens with two attached hydrogens (primary N) is 1. The average Bonchev–Trinajstić information content (AvgIpc) is 2.40. The number of carbonyl (C=O) groups excluding carboxylic acids is 1.